The maximum absolute atomic E-state index is 12.2. The van der Waals surface area contributed by atoms with Crippen LogP contribution in [0, 0.1) is 6.92 Å². The third-order valence-electron chi connectivity index (χ3n) is 3.17. The first-order valence-electron chi connectivity index (χ1n) is 7.20. The quantitative estimate of drug-likeness (QED) is 0.779. The van der Waals surface area contributed by atoms with Gasteiger partial charge in [0.15, 0.2) is 11.2 Å². The van der Waals surface area contributed by atoms with Crippen molar-refractivity contribution < 1.29 is 13.7 Å². The molecule has 0 radical (unpaired) electrons. The molecule has 0 saturated heterocycles. The summed E-state index contributed by atoms with van der Waals surface area (Å²) in [5.74, 6) is 0.292. The van der Waals surface area contributed by atoms with Crippen LogP contribution in [0.1, 0.15) is 35.2 Å². The second-order valence-electron chi connectivity index (χ2n) is 5.13. The van der Waals surface area contributed by atoms with Crippen molar-refractivity contribution in [2.24, 2.45) is 0 Å². The Morgan fingerprint density at radius 2 is 2.12 bits per heavy atom. The van der Waals surface area contributed by atoms with Crippen LogP contribution in [0.3, 0.4) is 0 Å². The predicted octanol–water partition coefficient (Wildman–Crippen LogP) is 1.88. The highest BCUT2D eigenvalue weighted by molar-refractivity contribution is 5.91. The van der Waals surface area contributed by atoms with Gasteiger partial charge in [0, 0.05) is 18.3 Å². The summed E-state index contributed by atoms with van der Waals surface area (Å²) in [6, 6.07) is 7.21. The summed E-state index contributed by atoms with van der Waals surface area (Å²) >= 11 is 0. The van der Waals surface area contributed by atoms with Crippen LogP contribution < -0.4 is 10.7 Å². The lowest BCUT2D eigenvalue weighted by atomic mass is 10.3. The van der Waals surface area contributed by atoms with Gasteiger partial charge in [-0.2, -0.15) is 4.98 Å². The Labute approximate surface area is 136 Å². The van der Waals surface area contributed by atoms with Gasteiger partial charge in [-0.25, -0.2) is 0 Å². The topological polar surface area (TPSA) is 111 Å². The molecule has 1 amide bonds. The molecule has 8 nitrogen and oxygen atoms in total. The van der Waals surface area contributed by atoms with Crippen LogP contribution in [0.15, 0.2) is 50.3 Å². The van der Waals surface area contributed by atoms with Gasteiger partial charge in [0.1, 0.15) is 17.5 Å². The van der Waals surface area contributed by atoms with Gasteiger partial charge in [-0.05, 0) is 26.0 Å². The van der Waals surface area contributed by atoms with E-state index in [1.54, 1.807) is 32.2 Å². The van der Waals surface area contributed by atoms with Crippen molar-refractivity contribution in [3.05, 3.63) is 64.2 Å². The van der Waals surface area contributed by atoms with E-state index < -0.39 is 11.9 Å². The van der Waals surface area contributed by atoms with Crippen LogP contribution in [0.4, 0.5) is 0 Å². The minimum absolute atomic E-state index is 0.0729. The van der Waals surface area contributed by atoms with E-state index in [0.29, 0.717) is 17.3 Å². The van der Waals surface area contributed by atoms with Crippen LogP contribution in [0.5, 0.6) is 0 Å². The molecule has 0 saturated carbocycles. The van der Waals surface area contributed by atoms with Gasteiger partial charge in [-0.1, -0.05) is 11.2 Å². The molecule has 3 heterocycles. The number of rotatable bonds is 4. The smallest absolute Gasteiger partial charge is 0.287 e. The molecule has 0 aliphatic heterocycles. The number of nitrogens with one attached hydrogen (secondary N) is 1. The first-order valence-corrected chi connectivity index (χ1v) is 7.20. The van der Waals surface area contributed by atoms with Gasteiger partial charge >= 0.3 is 0 Å². The van der Waals surface area contributed by atoms with E-state index in [9.17, 15) is 9.59 Å². The molecule has 1 atom stereocenters. The largest absolute Gasteiger partial charge is 0.456 e. The molecule has 0 spiro atoms. The van der Waals surface area contributed by atoms with E-state index in [0.717, 1.165) is 6.07 Å². The minimum Gasteiger partial charge on any atom is -0.456 e. The van der Waals surface area contributed by atoms with Crippen molar-refractivity contribution in [3.8, 4) is 11.5 Å². The average molecular weight is 326 g/mol. The van der Waals surface area contributed by atoms with Crippen molar-refractivity contribution in [2.45, 2.75) is 19.9 Å². The lowest BCUT2D eigenvalue weighted by Gasteiger charge is -2.09. The highest BCUT2D eigenvalue weighted by atomic mass is 16.5. The van der Waals surface area contributed by atoms with E-state index in [1.807, 2.05) is 6.07 Å². The molecule has 0 aliphatic rings. The lowest BCUT2D eigenvalue weighted by molar-refractivity contribution is 0.0900. The number of hydrogen-bond acceptors (Lipinski definition) is 7. The fourth-order valence-electron chi connectivity index (χ4n) is 2.06. The number of carbonyl (C=O) groups is 1. The van der Waals surface area contributed by atoms with E-state index in [4.69, 9.17) is 8.94 Å². The summed E-state index contributed by atoms with van der Waals surface area (Å²) < 4.78 is 10.4. The standard InChI is InChI=1S/C16H14N4O4/c1-9-7-11(21)8-13(23-9)15(22)18-10(2)16-19-14(20-24-16)12-5-3-4-6-17-12/h3-8,10H,1-2H3,(H,18,22)/t10-/m1/s1. The first-order chi connectivity index (χ1) is 11.5. The van der Waals surface area contributed by atoms with Crippen LogP contribution in [-0.2, 0) is 0 Å². The average Bonchev–Trinajstić information content (AvgIpc) is 3.05. The molecule has 3 aromatic heterocycles. The molecule has 122 valence electrons. The highest BCUT2D eigenvalue weighted by Crippen LogP contribution is 2.16. The molecule has 8 heteroatoms. The normalized spacial score (nSPS) is 11.9. The molecule has 0 aliphatic carbocycles. The summed E-state index contributed by atoms with van der Waals surface area (Å²) in [4.78, 5) is 31.9. The monoisotopic (exact) mass is 326 g/mol. The van der Waals surface area contributed by atoms with Crippen molar-refractivity contribution >= 4 is 5.91 Å². The molecule has 1 N–H and O–H groups in total. The Morgan fingerprint density at radius 1 is 1.29 bits per heavy atom. The second kappa shape index (κ2) is 6.45. The van der Waals surface area contributed by atoms with E-state index in [-0.39, 0.29) is 17.1 Å². The predicted molar refractivity (Wildman–Crippen MR) is 83.1 cm³/mol. The van der Waals surface area contributed by atoms with Crippen LogP contribution >= 0.6 is 0 Å². The summed E-state index contributed by atoms with van der Waals surface area (Å²) in [5.41, 5.74) is 0.266. The number of pyridine rings is 1. The van der Waals surface area contributed by atoms with E-state index >= 15 is 0 Å². The van der Waals surface area contributed by atoms with Crippen LogP contribution in [-0.4, -0.2) is 21.0 Å². The van der Waals surface area contributed by atoms with E-state index in [2.05, 4.69) is 20.4 Å². The van der Waals surface area contributed by atoms with Gasteiger partial charge in [0.05, 0.1) is 0 Å². The number of nitrogens with zero attached hydrogens (tertiary/aromatic N) is 3. The Hall–Kier alpha value is -3.29. The summed E-state index contributed by atoms with van der Waals surface area (Å²) in [6.45, 7) is 3.28. The molecule has 3 aromatic rings. The third kappa shape index (κ3) is 3.37. The van der Waals surface area contributed by atoms with Crippen LogP contribution in [0.25, 0.3) is 11.5 Å². The lowest BCUT2D eigenvalue weighted by Crippen LogP contribution is -2.27. The van der Waals surface area contributed by atoms with Gasteiger partial charge < -0.3 is 14.3 Å². The Balaban J connectivity index is 1.75. The minimum atomic E-state index is -0.562. The summed E-state index contributed by atoms with van der Waals surface area (Å²) in [7, 11) is 0. The highest BCUT2D eigenvalue weighted by Gasteiger charge is 2.20. The number of amides is 1. The van der Waals surface area contributed by atoms with Gasteiger partial charge in [-0.15, -0.1) is 0 Å². The van der Waals surface area contributed by atoms with Gasteiger partial charge in [0.25, 0.3) is 5.91 Å². The van der Waals surface area contributed by atoms with Crippen molar-refractivity contribution in [3.63, 3.8) is 0 Å². The molecule has 0 bridgehead atoms. The molecular formula is C16H14N4O4. The molecule has 0 unspecified atom stereocenters. The van der Waals surface area contributed by atoms with Crippen LogP contribution in [0.2, 0.25) is 0 Å². The number of hydrogen-bond donors (Lipinski definition) is 1. The zero-order valence-electron chi connectivity index (χ0n) is 13.0. The molecule has 24 heavy (non-hydrogen) atoms. The van der Waals surface area contributed by atoms with Crippen molar-refractivity contribution in [1.82, 2.24) is 20.4 Å². The van der Waals surface area contributed by atoms with Crippen molar-refractivity contribution in [1.29, 1.82) is 0 Å². The van der Waals surface area contributed by atoms with Gasteiger partial charge in [-0.3, -0.25) is 14.6 Å². The Kier molecular flexibility index (Phi) is 4.19. The summed E-state index contributed by atoms with van der Waals surface area (Å²) in [6.07, 6.45) is 1.62. The number of aryl methyl sites for hydroxylation is 1. The van der Waals surface area contributed by atoms with Crippen molar-refractivity contribution in [2.75, 3.05) is 0 Å². The fraction of sp³-hybridized carbons (Fsp3) is 0.188. The molecular weight excluding hydrogens is 312 g/mol. The number of aromatic nitrogens is 3. The molecule has 3 rings (SSSR count). The Morgan fingerprint density at radius 3 is 2.83 bits per heavy atom. The van der Waals surface area contributed by atoms with Gasteiger partial charge in [0.2, 0.25) is 11.7 Å². The molecule has 0 fully saturated rings. The third-order valence-corrected chi connectivity index (χ3v) is 3.17. The maximum atomic E-state index is 12.2. The number of carbonyl (C=O) groups excluding carboxylic acids is 1. The SMILES string of the molecule is Cc1cc(=O)cc(C(=O)N[C@H](C)c2nc(-c3ccccn3)no2)o1. The fourth-order valence-corrected chi connectivity index (χ4v) is 2.06. The zero-order chi connectivity index (χ0) is 17.1. The maximum Gasteiger partial charge on any atom is 0.287 e. The molecule has 0 aromatic carbocycles. The zero-order valence-corrected chi connectivity index (χ0v) is 13.0. The van der Waals surface area contributed by atoms with E-state index in [1.165, 1.54) is 6.07 Å². The summed E-state index contributed by atoms with van der Waals surface area (Å²) in [5, 5.41) is 6.49. The second-order valence-corrected chi connectivity index (χ2v) is 5.13. The Bertz CT molecular complexity index is 917. The first kappa shape index (κ1) is 15.6.